The molecule has 12 heteroatoms. The van der Waals surface area contributed by atoms with Gasteiger partial charge in [0.2, 0.25) is 0 Å². The quantitative estimate of drug-likeness (QED) is 0.244. The number of hydrogen-bond donors (Lipinski definition) is 5. The van der Waals surface area contributed by atoms with Gasteiger partial charge in [0.15, 0.2) is 6.10 Å². The zero-order chi connectivity index (χ0) is 26.0. The van der Waals surface area contributed by atoms with Gasteiger partial charge in [0.1, 0.15) is 5.75 Å². The van der Waals surface area contributed by atoms with E-state index in [4.69, 9.17) is 16.3 Å². The summed E-state index contributed by atoms with van der Waals surface area (Å²) in [5.41, 5.74) is 9.80. The molecule has 0 aliphatic carbocycles. The second-order valence-electron chi connectivity index (χ2n) is 7.76. The molecule has 1 atom stereocenters. The van der Waals surface area contributed by atoms with Crippen LogP contribution in [0.5, 0.6) is 5.75 Å². The molecule has 2 rings (SSSR count). The highest BCUT2D eigenvalue weighted by atomic mass is 35.5. The van der Waals surface area contributed by atoms with Crippen molar-refractivity contribution in [3.8, 4) is 5.75 Å². The maximum atomic E-state index is 12.7. The molecule has 190 valence electrons. The number of urea groups is 2. The molecule has 0 heterocycles. The topological polar surface area (TPSA) is 141 Å². The van der Waals surface area contributed by atoms with Gasteiger partial charge in [-0.3, -0.25) is 5.43 Å². The van der Waals surface area contributed by atoms with Crippen molar-refractivity contribution in [1.29, 1.82) is 0 Å². The molecular formula is C23H30ClN5O6. The smallest absolute Gasteiger partial charge is 0.341 e. The number of hydrogen-bond acceptors (Lipinski definition) is 8. The van der Waals surface area contributed by atoms with Gasteiger partial charge in [-0.15, -0.1) is 5.53 Å². The van der Waals surface area contributed by atoms with Crippen molar-refractivity contribution >= 4 is 35.3 Å². The summed E-state index contributed by atoms with van der Waals surface area (Å²) >= 11 is 5.86. The predicted molar refractivity (Wildman–Crippen MR) is 131 cm³/mol. The lowest BCUT2D eigenvalue weighted by Gasteiger charge is -2.24. The molecule has 0 radical (unpaired) electrons. The van der Waals surface area contributed by atoms with Crippen molar-refractivity contribution in [1.82, 2.24) is 21.2 Å². The van der Waals surface area contributed by atoms with Crippen molar-refractivity contribution in [2.45, 2.75) is 39.5 Å². The Balaban J connectivity index is 2.00. The molecule has 4 amide bonds. The Morgan fingerprint density at radius 2 is 1.77 bits per heavy atom. The van der Waals surface area contributed by atoms with Gasteiger partial charge in [-0.1, -0.05) is 23.7 Å². The molecule has 0 saturated carbocycles. The predicted octanol–water partition coefficient (Wildman–Crippen LogP) is 2.72. The Kier molecular flexibility index (Phi) is 10.6. The van der Waals surface area contributed by atoms with Gasteiger partial charge >= 0.3 is 18.0 Å². The van der Waals surface area contributed by atoms with E-state index in [0.717, 1.165) is 24.0 Å². The van der Waals surface area contributed by atoms with Crippen molar-refractivity contribution in [2.75, 3.05) is 19.1 Å². The number of aliphatic hydroxyl groups excluding tert-OH is 1. The highest BCUT2D eigenvalue weighted by molar-refractivity contribution is 6.30. The van der Waals surface area contributed by atoms with Gasteiger partial charge in [0.25, 0.3) is 0 Å². The van der Waals surface area contributed by atoms with Crippen LogP contribution in [0.2, 0.25) is 5.02 Å². The molecule has 0 unspecified atom stereocenters. The number of nitrogens with zero attached hydrogens (tertiary/aromatic N) is 1. The largest absolute Gasteiger partial charge is 0.491 e. The summed E-state index contributed by atoms with van der Waals surface area (Å²) in [5, 5.41) is 13.1. The second kappa shape index (κ2) is 13.4. The van der Waals surface area contributed by atoms with Gasteiger partial charge in [-0.2, -0.15) is 0 Å². The standard InChI is InChI=1S/C23H30ClN5O6/c1-14(2)35-20-10-9-18(11-15(20)3)26-28-27-23(33)29(13-19(30)21(31)34-4)22(32)25-12-16-5-7-17(24)8-6-16/h5-11,14,19,26,28,30H,12-13H2,1-4H3,(H,25,32)(H,27,33)/t19-/m0/s1. The number of carbonyl (C=O) groups excluding carboxylic acids is 3. The fourth-order valence-electron chi connectivity index (χ4n) is 2.85. The first kappa shape index (κ1) is 27.7. The Hall–Kier alpha value is -3.54. The molecule has 0 saturated heterocycles. The van der Waals surface area contributed by atoms with Crippen LogP contribution in [0.15, 0.2) is 42.5 Å². The number of anilines is 1. The second-order valence-corrected chi connectivity index (χ2v) is 8.20. The molecule has 0 fully saturated rings. The molecule has 0 bridgehead atoms. The summed E-state index contributed by atoms with van der Waals surface area (Å²) in [6, 6.07) is 10.3. The number of imide groups is 1. The third-order valence-electron chi connectivity index (χ3n) is 4.59. The number of ether oxygens (including phenoxy) is 2. The Labute approximate surface area is 208 Å². The number of aliphatic hydroxyl groups is 1. The summed E-state index contributed by atoms with van der Waals surface area (Å²) in [6.45, 7) is 5.19. The monoisotopic (exact) mass is 507 g/mol. The van der Waals surface area contributed by atoms with Gasteiger partial charge in [0, 0.05) is 11.6 Å². The van der Waals surface area contributed by atoms with Crippen LogP contribution in [0.25, 0.3) is 0 Å². The minimum absolute atomic E-state index is 0.0297. The number of esters is 1. The van der Waals surface area contributed by atoms with E-state index in [9.17, 15) is 19.5 Å². The summed E-state index contributed by atoms with van der Waals surface area (Å²) < 4.78 is 10.2. The van der Waals surface area contributed by atoms with Crippen molar-refractivity contribution in [3.05, 3.63) is 58.6 Å². The molecule has 5 N–H and O–H groups in total. The summed E-state index contributed by atoms with van der Waals surface area (Å²) in [7, 11) is 1.08. The maximum absolute atomic E-state index is 12.7. The van der Waals surface area contributed by atoms with Gasteiger partial charge in [-0.25, -0.2) is 19.3 Å². The summed E-state index contributed by atoms with van der Waals surface area (Å²) in [5.74, 6) is -0.256. The van der Waals surface area contributed by atoms with E-state index >= 15 is 0 Å². The van der Waals surface area contributed by atoms with Crippen LogP contribution in [0.4, 0.5) is 15.3 Å². The first-order chi connectivity index (χ1) is 16.6. The van der Waals surface area contributed by atoms with E-state index < -0.39 is 30.7 Å². The third kappa shape index (κ3) is 8.96. The SMILES string of the molecule is COC(=O)[C@@H](O)CN(C(=O)NCc1ccc(Cl)cc1)C(=O)NNNc1ccc(OC(C)C)c(C)c1. The molecular weight excluding hydrogens is 478 g/mol. The van der Waals surface area contributed by atoms with Crippen molar-refractivity contribution < 1.29 is 29.0 Å². The van der Waals surface area contributed by atoms with Crippen molar-refractivity contribution in [2.24, 2.45) is 0 Å². The molecule has 2 aromatic rings. The number of rotatable bonds is 10. The highest BCUT2D eigenvalue weighted by Crippen LogP contribution is 2.22. The van der Waals surface area contributed by atoms with Gasteiger partial charge in [0.05, 0.1) is 25.4 Å². The van der Waals surface area contributed by atoms with Crippen LogP contribution in [0.1, 0.15) is 25.0 Å². The average molecular weight is 508 g/mol. The number of methoxy groups -OCH3 is 1. The molecule has 0 spiro atoms. The Morgan fingerprint density at radius 3 is 2.37 bits per heavy atom. The van der Waals surface area contributed by atoms with Crippen LogP contribution >= 0.6 is 11.6 Å². The number of hydrazine groups is 2. The van der Waals surface area contributed by atoms with E-state index in [1.807, 2.05) is 20.8 Å². The van der Waals surface area contributed by atoms with E-state index in [1.165, 1.54) is 0 Å². The van der Waals surface area contributed by atoms with Crippen LogP contribution in [0.3, 0.4) is 0 Å². The molecule has 11 nitrogen and oxygen atoms in total. The number of carbonyl (C=O) groups is 3. The summed E-state index contributed by atoms with van der Waals surface area (Å²) in [6.07, 6.45) is -1.70. The molecule has 2 aromatic carbocycles. The maximum Gasteiger partial charge on any atom is 0.341 e. The molecule has 0 aromatic heterocycles. The number of halogens is 1. The fourth-order valence-corrected chi connectivity index (χ4v) is 2.98. The Bertz CT molecular complexity index is 1020. The van der Waals surface area contributed by atoms with Gasteiger partial charge < -0.3 is 25.3 Å². The first-order valence-corrected chi connectivity index (χ1v) is 11.1. The van der Waals surface area contributed by atoms with E-state index in [0.29, 0.717) is 15.6 Å². The highest BCUT2D eigenvalue weighted by Gasteiger charge is 2.28. The van der Waals surface area contributed by atoms with Crippen LogP contribution < -0.4 is 26.4 Å². The van der Waals surface area contributed by atoms with Gasteiger partial charge in [-0.05, 0) is 62.2 Å². The van der Waals surface area contributed by atoms with E-state index in [2.05, 4.69) is 26.4 Å². The fraction of sp³-hybridized carbons (Fsp3) is 0.348. The van der Waals surface area contributed by atoms with E-state index in [-0.39, 0.29) is 12.6 Å². The average Bonchev–Trinajstić information content (AvgIpc) is 2.82. The van der Waals surface area contributed by atoms with Crippen molar-refractivity contribution in [3.63, 3.8) is 0 Å². The Morgan fingerprint density at radius 1 is 1.09 bits per heavy atom. The number of benzene rings is 2. The normalized spacial score (nSPS) is 11.4. The molecule has 0 aliphatic rings. The third-order valence-corrected chi connectivity index (χ3v) is 4.84. The minimum atomic E-state index is -1.73. The van der Waals surface area contributed by atoms with Crippen LogP contribution in [0, 0.1) is 6.92 Å². The van der Waals surface area contributed by atoms with E-state index in [1.54, 1.807) is 42.5 Å². The lowest BCUT2D eigenvalue weighted by Crippen LogP contribution is -2.55. The van der Waals surface area contributed by atoms with Crippen LogP contribution in [-0.2, 0) is 16.1 Å². The number of nitrogens with one attached hydrogen (secondary N) is 4. The minimum Gasteiger partial charge on any atom is -0.491 e. The zero-order valence-electron chi connectivity index (χ0n) is 19.9. The van der Waals surface area contributed by atoms with Crippen LogP contribution in [-0.4, -0.2) is 53.9 Å². The number of aryl methyl sites for hydroxylation is 1. The first-order valence-electron chi connectivity index (χ1n) is 10.7. The molecule has 0 aliphatic heterocycles. The zero-order valence-corrected chi connectivity index (χ0v) is 20.7. The lowest BCUT2D eigenvalue weighted by molar-refractivity contribution is -0.150. The number of amides is 4. The summed E-state index contributed by atoms with van der Waals surface area (Å²) in [4.78, 5) is 37.6. The lowest BCUT2D eigenvalue weighted by atomic mass is 10.2. The molecule has 35 heavy (non-hydrogen) atoms.